The Bertz CT molecular complexity index is 308. The number of hydrogen-bond donors (Lipinski definition) is 0. The molecule has 1 aliphatic carbocycles. The molecule has 2 rings (SSSR count). The van der Waals surface area contributed by atoms with Crippen molar-refractivity contribution in [1.82, 2.24) is 0 Å². The van der Waals surface area contributed by atoms with Crippen molar-refractivity contribution in [2.45, 2.75) is 38.4 Å². The topological polar surface area (TPSA) is 52.6 Å². The van der Waals surface area contributed by atoms with Gasteiger partial charge in [0.2, 0.25) is 6.10 Å². The van der Waals surface area contributed by atoms with Gasteiger partial charge in [0.25, 0.3) is 0 Å². The molecule has 0 radical (unpaired) electrons. The van der Waals surface area contributed by atoms with Crippen molar-refractivity contribution in [3.05, 3.63) is 12.2 Å². The van der Waals surface area contributed by atoms with Crippen molar-refractivity contribution in [3.63, 3.8) is 0 Å². The molecular weight excluding hydrogens is 196 g/mol. The van der Waals surface area contributed by atoms with Crippen LogP contribution in [0.25, 0.3) is 0 Å². The van der Waals surface area contributed by atoms with Crippen LogP contribution in [0.5, 0.6) is 0 Å². The molecule has 0 spiro atoms. The standard InChI is InChI=1S/C11H14O4/c1-2-4-9(12)15-10-7-5-3-6-8(7)14-11(10)13/h3,6-8,10H,2,4-5H2,1H3. The molecular formula is C11H14O4. The first-order valence-corrected chi connectivity index (χ1v) is 5.29. The summed E-state index contributed by atoms with van der Waals surface area (Å²) in [6.07, 6.45) is 4.78. The fraction of sp³-hybridized carbons (Fsp3) is 0.636. The largest absolute Gasteiger partial charge is 0.455 e. The molecule has 0 saturated carbocycles. The van der Waals surface area contributed by atoms with E-state index in [0.717, 1.165) is 12.8 Å². The smallest absolute Gasteiger partial charge is 0.348 e. The van der Waals surface area contributed by atoms with Gasteiger partial charge in [0.1, 0.15) is 6.10 Å². The van der Waals surface area contributed by atoms with Crippen molar-refractivity contribution in [3.8, 4) is 0 Å². The van der Waals surface area contributed by atoms with Crippen molar-refractivity contribution >= 4 is 11.9 Å². The molecule has 0 aromatic carbocycles. The van der Waals surface area contributed by atoms with Gasteiger partial charge in [-0.2, -0.15) is 0 Å². The third-order valence-electron chi connectivity index (χ3n) is 2.74. The number of ether oxygens (including phenoxy) is 2. The molecule has 15 heavy (non-hydrogen) atoms. The molecule has 1 heterocycles. The van der Waals surface area contributed by atoms with Gasteiger partial charge in [-0.1, -0.05) is 13.0 Å². The molecule has 4 nitrogen and oxygen atoms in total. The van der Waals surface area contributed by atoms with Gasteiger partial charge in [0.05, 0.1) is 5.92 Å². The molecule has 2 aliphatic rings. The van der Waals surface area contributed by atoms with Crippen molar-refractivity contribution in [2.24, 2.45) is 5.92 Å². The SMILES string of the molecule is CCCC(=O)OC1C(=O)OC2C=CCC21. The van der Waals surface area contributed by atoms with Gasteiger partial charge in [-0.15, -0.1) is 0 Å². The number of esters is 2. The fourth-order valence-electron chi connectivity index (χ4n) is 1.99. The zero-order valence-corrected chi connectivity index (χ0v) is 8.64. The molecule has 0 N–H and O–H groups in total. The van der Waals surface area contributed by atoms with Crippen molar-refractivity contribution in [2.75, 3.05) is 0 Å². The minimum absolute atomic E-state index is 0.00157. The maximum Gasteiger partial charge on any atom is 0.348 e. The van der Waals surface area contributed by atoms with Crippen LogP contribution in [0.15, 0.2) is 12.2 Å². The molecule has 3 unspecified atom stereocenters. The van der Waals surface area contributed by atoms with Gasteiger partial charge in [0.15, 0.2) is 0 Å². The minimum Gasteiger partial charge on any atom is -0.455 e. The van der Waals surface area contributed by atoms with Gasteiger partial charge in [-0.05, 0) is 18.9 Å². The summed E-state index contributed by atoms with van der Waals surface area (Å²) in [7, 11) is 0. The Labute approximate surface area is 88.2 Å². The number of allylic oxidation sites excluding steroid dienone is 1. The lowest BCUT2D eigenvalue weighted by atomic mass is 10.0. The summed E-state index contributed by atoms with van der Waals surface area (Å²) in [5, 5.41) is 0. The Morgan fingerprint density at radius 2 is 2.47 bits per heavy atom. The zero-order valence-electron chi connectivity index (χ0n) is 8.64. The van der Waals surface area contributed by atoms with Gasteiger partial charge in [-0.3, -0.25) is 4.79 Å². The lowest BCUT2D eigenvalue weighted by Gasteiger charge is -2.13. The summed E-state index contributed by atoms with van der Waals surface area (Å²) in [6.45, 7) is 1.90. The number of fused-ring (bicyclic) bond motifs is 1. The highest BCUT2D eigenvalue weighted by atomic mass is 16.6. The second kappa shape index (κ2) is 4.04. The number of carbonyl (C=O) groups is 2. The van der Waals surface area contributed by atoms with Crippen LogP contribution in [-0.4, -0.2) is 24.1 Å². The summed E-state index contributed by atoms with van der Waals surface area (Å²) in [5.74, 6) is -0.718. The highest BCUT2D eigenvalue weighted by Crippen LogP contribution is 2.33. The molecule has 82 valence electrons. The van der Waals surface area contributed by atoms with Gasteiger partial charge in [0, 0.05) is 6.42 Å². The molecule has 0 bridgehead atoms. The number of hydrogen-bond acceptors (Lipinski definition) is 4. The quantitative estimate of drug-likeness (QED) is 0.519. The molecule has 1 aliphatic heterocycles. The molecule has 0 amide bonds. The summed E-state index contributed by atoms with van der Waals surface area (Å²) in [6, 6.07) is 0. The van der Waals surface area contributed by atoms with Gasteiger partial charge in [-0.25, -0.2) is 4.79 Å². The molecule has 3 atom stereocenters. The van der Waals surface area contributed by atoms with E-state index in [-0.39, 0.29) is 18.0 Å². The lowest BCUT2D eigenvalue weighted by molar-refractivity contribution is -0.161. The number of rotatable bonds is 3. The highest BCUT2D eigenvalue weighted by molar-refractivity contribution is 5.82. The predicted molar refractivity (Wildman–Crippen MR) is 51.9 cm³/mol. The van der Waals surface area contributed by atoms with Crippen molar-refractivity contribution in [1.29, 1.82) is 0 Å². The van der Waals surface area contributed by atoms with Crippen LogP contribution in [0.2, 0.25) is 0 Å². The van der Waals surface area contributed by atoms with E-state index >= 15 is 0 Å². The summed E-state index contributed by atoms with van der Waals surface area (Å²) < 4.78 is 10.2. The highest BCUT2D eigenvalue weighted by Gasteiger charge is 2.47. The summed E-state index contributed by atoms with van der Waals surface area (Å²) in [4.78, 5) is 22.7. The van der Waals surface area contributed by atoms with E-state index in [1.165, 1.54) is 0 Å². The van der Waals surface area contributed by atoms with E-state index in [4.69, 9.17) is 9.47 Å². The Hall–Kier alpha value is -1.32. The van der Waals surface area contributed by atoms with Crippen molar-refractivity contribution < 1.29 is 19.1 Å². The average Bonchev–Trinajstić information content (AvgIpc) is 2.71. The first-order valence-electron chi connectivity index (χ1n) is 5.29. The van der Waals surface area contributed by atoms with Crippen LogP contribution in [-0.2, 0) is 19.1 Å². The maximum absolute atomic E-state index is 11.4. The zero-order chi connectivity index (χ0) is 10.8. The second-order valence-electron chi connectivity index (χ2n) is 3.89. The van der Waals surface area contributed by atoms with E-state index in [9.17, 15) is 9.59 Å². The monoisotopic (exact) mass is 210 g/mol. The lowest BCUT2D eigenvalue weighted by Crippen LogP contribution is -2.29. The fourth-order valence-corrected chi connectivity index (χ4v) is 1.99. The Morgan fingerprint density at radius 1 is 1.67 bits per heavy atom. The van der Waals surface area contributed by atoms with E-state index in [2.05, 4.69) is 0 Å². The Morgan fingerprint density at radius 3 is 3.20 bits per heavy atom. The minimum atomic E-state index is -0.691. The van der Waals surface area contributed by atoms with Crippen LogP contribution >= 0.6 is 0 Å². The van der Waals surface area contributed by atoms with Crippen LogP contribution in [0, 0.1) is 5.92 Å². The summed E-state index contributed by atoms with van der Waals surface area (Å²) in [5.41, 5.74) is 0. The van der Waals surface area contributed by atoms with E-state index in [1.54, 1.807) is 0 Å². The second-order valence-corrected chi connectivity index (χ2v) is 3.89. The van der Waals surface area contributed by atoms with E-state index < -0.39 is 12.1 Å². The molecule has 4 heteroatoms. The summed E-state index contributed by atoms with van der Waals surface area (Å²) >= 11 is 0. The normalized spacial score (nSPS) is 32.6. The van der Waals surface area contributed by atoms with E-state index in [1.807, 2.05) is 19.1 Å². The molecule has 0 aromatic heterocycles. The predicted octanol–water partition coefficient (Wildman–Crippen LogP) is 1.20. The van der Waals surface area contributed by atoms with Gasteiger partial charge >= 0.3 is 11.9 Å². The molecule has 0 aromatic rings. The van der Waals surface area contributed by atoms with Crippen LogP contribution < -0.4 is 0 Å². The molecule has 1 saturated heterocycles. The van der Waals surface area contributed by atoms with Crippen LogP contribution in [0.3, 0.4) is 0 Å². The van der Waals surface area contributed by atoms with Crippen LogP contribution in [0.4, 0.5) is 0 Å². The first-order chi connectivity index (χ1) is 7.22. The van der Waals surface area contributed by atoms with E-state index in [0.29, 0.717) is 6.42 Å². The third kappa shape index (κ3) is 1.89. The Balaban J connectivity index is 1.97. The number of carbonyl (C=O) groups excluding carboxylic acids is 2. The first kappa shape index (κ1) is 10.2. The van der Waals surface area contributed by atoms with Gasteiger partial charge < -0.3 is 9.47 Å². The average molecular weight is 210 g/mol. The maximum atomic E-state index is 11.4. The van der Waals surface area contributed by atoms with Crippen LogP contribution in [0.1, 0.15) is 26.2 Å². The Kier molecular flexibility index (Phi) is 2.75. The molecule has 1 fully saturated rings. The third-order valence-corrected chi connectivity index (χ3v) is 2.74.